The van der Waals surface area contributed by atoms with Crippen LogP contribution in [0.5, 0.6) is 0 Å². The molecule has 23 heavy (non-hydrogen) atoms. The van der Waals surface area contributed by atoms with Crippen molar-refractivity contribution in [1.29, 1.82) is 0 Å². The number of benzene rings is 2. The van der Waals surface area contributed by atoms with E-state index in [0.29, 0.717) is 10.0 Å². The van der Waals surface area contributed by atoms with Gasteiger partial charge in [0, 0.05) is 44.3 Å². The van der Waals surface area contributed by atoms with Gasteiger partial charge in [0.25, 0.3) is 0 Å². The highest BCUT2D eigenvalue weighted by Crippen LogP contribution is 2.23. The largest absolute Gasteiger partial charge is 0.297 e. The number of hydrogen-bond donors (Lipinski definition) is 0. The summed E-state index contributed by atoms with van der Waals surface area (Å²) in [6, 6.07) is 14.0. The van der Waals surface area contributed by atoms with Gasteiger partial charge in [-0.3, -0.25) is 9.80 Å². The second-order valence-electron chi connectivity index (χ2n) is 5.93. The third-order valence-corrected chi connectivity index (χ3v) is 5.17. The summed E-state index contributed by atoms with van der Waals surface area (Å²) in [5.41, 5.74) is 2.53. The van der Waals surface area contributed by atoms with Crippen LogP contribution >= 0.6 is 34.8 Å². The molecule has 0 saturated carbocycles. The second-order valence-corrected chi connectivity index (χ2v) is 7.18. The van der Waals surface area contributed by atoms with Crippen LogP contribution in [0.3, 0.4) is 0 Å². The lowest BCUT2D eigenvalue weighted by atomic mass is 10.1. The highest BCUT2D eigenvalue weighted by molar-refractivity contribution is 6.42. The van der Waals surface area contributed by atoms with Gasteiger partial charge >= 0.3 is 0 Å². The van der Waals surface area contributed by atoms with Gasteiger partial charge in [0.15, 0.2) is 0 Å². The van der Waals surface area contributed by atoms with E-state index >= 15 is 0 Å². The SMILES string of the molecule is Clc1ccc(CN2CCN(Cc3ccc(Cl)c(Cl)c3)CC2)cc1. The molecule has 1 saturated heterocycles. The van der Waals surface area contributed by atoms with Crippen molar-refractivity contribution in [3.63, 3.8) is 0 Å². The van der Waals surface area contributed by atoms with Gasteiger partial charge < -0.3 is 0 Å². The zero-order chi connectivity index (χ0) is 16.2. The molecule has 1 aliphatic heterocycles. The Morgan fingerprint density at radius 2 is 1.17 bits per heavy atom. The van der Waals surface area contributed by atoms with Gasteiger partial charge in [-0.15, -0.1) is 0 Å². The van der Waals surface area contributed by atoms with E-state index in [1.807, 2.05) is 30.3 Å². The molecular formula is C18H19Cl3N2. The zero-order valence-electron chi connectivity index (χ0n) is 12.8. The van der Waals surface area contributed by atoms with Crippen molar-refractivity contribution in [2.45, 2.75) is 13.1 Å². The first kappa shape index (κ1) is 17.1. The number of nitrogens with zero attached hydrogens (tertiary/aromatic N) is 2. The number of rotatable bonds is 4. The van der Waals surface area contributed by atoms with Crippen molar-refractivity contribution in [1.82, 2.24) is 9.80 Å². The topological polar surface area (TPSA) is 6.48 Å². The molecule has 2 aromatic rings. The van der Waals surface area contributed by atoms with Crippen LogP contribution in [0.2, 0.25) is 15.1 Å². The minimum absolute atomic E-state index is 0.614. The monoisotopic (exact) mass is 368 g/mol. The van der Waals surface area contributed by atoms with Crippen molar-refractivity contribution in [2.24, 2.45) is 0 Å². The molecule has 0 aliphatic carbocycles. The molecule has 2 nitrogen and oxygen atoms in total. The smallest absolute Gasteiger partial charge is 0.0595 e. The summed E-state index contributed by atoms with van der Waals surface area (Å²) < 4.78 is 0. The Morgan fingerprint density at radius 3 is 1.74 bits per heavy atom. The first-order chi connectivity index (χ1) is 11.1. The van der Waals surface area contributed by atoms with Crippen LogP contribution in [-0.4, -0.2) is 36.0 Å². The van der Waals surface area contributed by atoms with E-state index in [4.69, 9.17) is 34.8 Å². The Kier molecular flexibility index (Phi) is 5.84. The minimum atomic E-state index is 0.614. The normalized spacial score (nSPS) is 16.7. The van der Waals surface area contributed by atoms with Gasteiger partial charge in [-0.05, 0) is 35.4 Å². The van der Waals surface area contributed by atoms with E-state index in [1.165, 1.54) is 11.1 Å². The van der Waals surface area contributed by atoms with Crippen LogP contribution in [0.25, 0.3) is 0 Å². The second kappa shape index (κ2) is 7.87. The minimum Gasteiger partial charge on any atom is -0.297 e. The Balaban J connectivity index is 1.50. The lowest BCUT2D eigenvalue weighted by Crippen LogP contribution is -2.45. The van der Waals surface area contributed by atoms with Crippen molar-refractivity contribution in [3.8, 4) is 0 Å². The molecule has 1 heterocycles. The molecular weight excluding hydrogens is 351 g/mol. The van der Waals surface area contributed by atoms with Crippen LogP contribution in [0.15, 0.2) is 42.5 Å². The number of piperazine rings is 1. The fourth-order valence-electron chi connectivity index (χ4n) is 2.85. The Morgan fingerprint density at radius 1 is 0.652 bits per heavy atom. The number of halogens is 3. The molecule has 0 bridgehead atoms. The summed E-state index contributed by atoms with van der Waals surface area (Å²) in [7, 11) is 0. The van der Waals surface area contributed by atoms with Crippen LogP contribution < -0.4 is 0 Å². The molecule has 3 rings (SSSR count). The third-order valence-electron chi connectivity index (χ3n) is 4.17. The van der Waals surface area contributed by atoms with Gasteiger partial charge in [0.2, 0.25) is 0 Å². The Bertz CT molecular complexity index is 650. The van der Waals surface area contributed by atoms with E-state index in [2.05, 4.69) is 21.9 Å². The lowest BCUT2D eigenvalue weighted by molar-refractivity contribution is 0.122. The van der Waals surface area contributed by atoms with E-state index in [1.54, 1.807) is 0 Å². The maximum Gasteiger partial charge on any atom is 0.0595 e. The Hall–Kier alpha value is -0.770. The summed E-state index contributed by atoms with van der Waals surface area (Å²) in [6.45, 7) is 6.18. The third kappa shape index (κ3) is 4.85. The first-order valence-corrected chi connectivity index (χ1v) is 8.86. The maximum absolute atomic E-state index is 6.09. The fraction of sp³-hybridized carbons (Fsp3) is 0.333. The van der Waals surface area contributed by atoms with Gasteiger partial charge in [-0.2, -0.15) is 0 Å². The quantitative estimate of drug-likeness (QED) is 0.751. The molecule has 0 N–H and O–H groups in total. The molecule has 5 heteroatoms. The summed E-state index contributed by atoms with van der Waals surface area (Å²) in [6.07, 6.45) is 0. The summed E-state index contributed by atoms with van der Waals surface area (Å²) in [5.74, 6) is 0. The molecule has 0 aromatic heterocycles. The summed E-state index contributed by atoms with van der Waals surface area (Å²) >= 11 is 18.0. The molecule has 0 amide bonds. The van der Waals surface area contributed by atoms with Gasteiger partial charge in [0.1, 0.15) is 0 Å². The molecule has 0 atom stereocenters. The molecule has 0 spiro atoms. The first-order valence-electron chi connectivity index (χ1n) is 7.73. The predicted octanol–water partition coefficient (Wildman–Crippen LogP) is 4.96. The molecule has 0 radical (unpaired) electrons. The fourth-order valence-corrected chi connectivity index (χ4v) is 3.30. The molecule has 2 aromatic carbocycles. The maximum atomic E-state index is 6.09. The molecule has 0 unspecified atom stereocenters. The predicted molar refractivity (Wildman–Crippen MR) is 98.5 cm³/mol. The van der Waals surface area contributed by atoms with Crippen LogP contribution in [-0.2, 0) is 13.1 Å². The zero-order valence-corrected chi connectivity index (χ0v) is 15.1. The van der Waals surface area contributed by atoms with E-state index in [9.17, 15) is 0 Å². The van der Waals surface area contributed by atoms with Crippen LogP contribution in [0.1, 0.15) is 11.1 Å². The lowest BCUT2D eigenvalue weighted by Gasteiger charge is -2.34. The van der Waals surface area contributed by atoms with Gasteiger partial charge in [0.05, 0.1) is 10.0 Å². The van der Waals surface area contributed by atoms with Gasteiger partial charge in [-0.1, -0.05) is 53.0 Å². The summed E-state index contributed by atoms with van der Waals surface area (Å²) in [5, 5.41) is 2.04. The molecule has 122 valence electrons. The average Bonchev–Trinajstić information content (AvgIpc) is 2.55. The van der Waals surface area contributed by atoms with E-state index < -0.39 is 0 Å². The van der Waals surface area contributed by atoms with Crippen molar-refractivity contribution in [3.05, 3.63) is 68.7 Å². The molecule has 1 aliphatic rings. The highest BCUT2D eigenvalue weighted by Gasteiger charge is 2.17. The highest BCUT2D eigenvalue weighted by atomic mass is 35.5. The molecule has 1 fully saturated rings. The Labute approximate surface area is 152 Å². The van der Waals surface area contributed by atoms with Crippen LogP contribution in [0.4, 0.5) is 0 Å². The van der Waals surface area contributed by atoms with E-state index in [-0.39, 0.29) is 0 Å². The number of hydrogen-bond acceptors (Lipinski definition) is 2. The van der Waals surface area contributed by atoms with E-state index in [0.717, 1.165) is 44.3 Å². The van der Waals surface area contributed by atoms with Crippen molar-refractivity contribution < 1.29 is 0 Å². The standard InChI is InChI=1S/C18H19Cl3N2/c19-16-4-1-14(2-5-16)12-22-7-9-23(10-8-22)13-15-3-6-17(20)18(21)11-15/h1-6,11H,7-10,12-13H2. The summed E-state index contributed by atoms with van der Waals surface area (Å²) in [4.78, 5) is 4.94. The van der Waals surface area contributed by atoms with Gasteiger partial charge in [-0.25, -0.2) is 0 Å². The van der Waals surface area contributed by atoms with Crippen LogP contribution in [0, 0.1) is 0 Å². The van der Waals surface area contributed by atoms with Crippen molar-refractivity contribution in [2.75, 3.05) is 26.2 Å². The average molecular weight is 370 g/mol. The van der Waals surface area contributed by atoms with Crippen molar-refractivity contribution >= 4 is 34.8 Å².